The Kier molecular flexibility index (Phi) is 5.59. The largest absolute Gasteiger partial charge is 0.393 e. The number of nitrogens with zero attached hydrogens (tertiary/aromatic N) is 4. The predicted molar refractivity (Wildman–Crippen MR) is 125 cm³/mol. The van der Waals surface area contributed by atoms with E-state index in [1.165, 1.54) is 11.8 Å². The zero-order chi connectivity index (χ0) is 21.8. The van der Waals surface area contributed by atoms with E-state index < -0.39 is 0 Å². The number of nitrogens with two attached hydrogens (primary N) is 1. The topological polar surface area (TPSA) is 79.7 Å². The van der Waals surface area contributed by atoms with Crippen molar-refractivity contribution in [1.82, 2.24) is 14.4 Å². The Morgan fingerprint density at radius 2 is 2.03 bits per heavy atom. The number of hydrogen-bond donors (Lipinski definition) is 2. The minimum Gasteiger partial charge on any atom is -0.393 e. The van der Waals surface area contributed by atoms with Crippen LogP contribution in [0, 0.1) is 12.3 Å². The highest BCUT2D eigenvalue weighted by Gasteiger charge is 2.46. The van der Waals surface area contributed by atoms with Gasteiger partial charge in [0.15, 0.2) is 5.65 Å². The molecule has 3 N–H and O–H groups in total. The van der Waals surface area contributed by atoms with Crippen LogP contribution in [0.3, 0.4) is 0 Å². The van der Waals surface area contributed by atoms with E-state index in [9.17, 15) is 5.11 Å². The summed E-state index contributed by atoms with van der Waals surface area (Å²) < 4.78 is 2.05. The SMILES string of the molecule is Cc1nc(N2CCC3(CC2)C[C@@H](O)CC3N)n2ccnc2c1Sc1cccc(Cl)c1Cl. The molecule has 3 aromatic rings. The number of benzene rings is 1. The van der Waals surface area contributed by atoms with E-state index in [0.717, 1.165) is 59.4 Å². The fraction of sp³-hybridized carbons (Fsp3) is 0.455. The van der Waals surface area contributed by atoms with Gasteiger partial charge in [0.05, 0.1) is 26.7 Å². The normalized spacial score (nSPS) is 23.2. The van der Waals surface area contributed by atoms with Gasteiger partial charge in [0.1, 0.15) is 0 Å². The van der Waals surface area contributed by atoms with E-state index in [1.807, 2.05) is 25.3 Å². The first kappa shape index (κ1) is 21.3. The van der Waals surface area contributed by atoms with Crippen LogP contribution >= 0.6 is 35.0 Å². The standard InChI is InChI=1S/C22H25Cl2N5OS/c1-13-19(31-16-4-2-3-15(23)18(16)24)20-26-7-10-29(20)21(27-13)28-8-5-22(6-9-28)12-14(30)11-17(22)25/h2-4,7,10,14,17,30H,5-6,8-9,11-12,25H2,1H3/t14-,17?/m0/s1. The number of aryl methyl sites for hydroxylation is 1. The molecule has 1 spiro atoms. The molecule has 1 unspecified atom stereocenters. The summed E-state index contributed by atoms with van der Waals surface area (Å²) in [6.07, 6.45) is 6.95. The smallest absolute Gasteiger partial charge is 0.211 e. The van der Waals surface area contributed by atoms with Crippen LogP contribution in [-0.4, -0.2) is 44.7 Å². The number of fused-ring (bicyclic) bond motifs is 1. The molecule has 1 saturated heterocycles. The van der Waals surface area contributed by atoms with Crippen LogP contribution in [0.25, 0.3) is 5.65 Å². The highest BCUT2D eigenvalue weighted by Crippen LogP contribution is 2.46. The number of halogens is 2. The second-order valence-electron chi connectivity index (χ2n) is 8.65. The molecule has 2 aromatic heterocycles. The molecule has 2 atom stereocenters. The summed E-state index contributed by atoms with van der Waals surface area (Å²) in [7, 11) is 0. The average Bonchev–Trinajstić information content (AvgIpc) is 3.32. The molecule has 0 amide bonds. The van der Waals surface area contributed by atoms with Crippen molar-refractivity contribution in [3.05, 3.63) is 46.3 Å². The average molecular weight is 478 g/mol. The Labute approximate surface area is 195 Å². The second-order valence-corrected chi connectivity index (χ2v) is 10.5. The maximum absolute atomic E-state index is 10.1. The van der Waals surface area contributed by atoms with Crippen LogP contribution < -0.4 is 10.6 Å². The molecule has 1 aliphatic carbocycles. The van der Waals surface area contributed by atoms with Crippen molar-refractivity contribution in [2.45, 2.75) is 54.5 Å². The van der Waals surface area contributed by atoms with Crippen LogP contribution in [-0.2, 0) is 0 Å². The van der Waals surface area contributed by atoms with Crippen LogP contribution in [0.4, 0.5) is 5.95 Å². The molecule has 31 heavy (non-hydrogen) atoms. The first-order valence-corrected chi connectivity index (χ1v) is 12.1. The van der Waals surface area contributed by atoms with Gasteiger partial charge >= 0.3 is 0 Å². The molecule has 1 aliphatic heterocycles. The van der Waals surface area contributed by atoms with Crippen molar-refractivity contribution in [2.24, 2.45) is 11.1 Å². The van der Waals surface area contributed by atoms with Crippen LogP contribution in [0.15, 0.2) is 40.4 Å². The highest BCUT2D eigenvalue weighted by molar-refractivity contribution is 7.99. The third-order valence-electron chi connectivity index (χ3n) is 6.78. The van der Waals surface area contributed by atoms with Gasteiger partial charge in [-0.3, -0.25) is 4.40 Å². The van der Waals surface area contributed by atoms with Gasteiger partial charge in [-0.15, -0.1) is 0 Å². The summed E-state index contributed by atoms with van der Waals surface area (Å²) in [6.45, 7) is 3.74. The van der Waals surface area contributed by atoms with Crippen molar-refractivity contribution in [2.75, 3.05) is 18.0 Å². The fourth-order valence-corrected chi connectivity index (χ4v) is 6.51. The highest BCUT2D eigenvalue weighted by atomic mass is 35.5. The summed E-state index contributed by atoms with van der Waals surface area (Å²) in [5.41, 5.74) is 8.22. The zero-order valence-corrected chi connectivity index (χ0v) is 19.6. The first-order valence-electron chi connectivity index (χ1n) is 10.5. The Balaban J connectivity index is 1.45. The van der Waals surface area contributed by atoms with Gasteiger partial charge in [0.2, 0.25) is 5.95 Å². The van der Waals surface area contributed by atoms with Gasteiger partial charge in [-0.1, -0.05) is 41.0 Å². The van der Waals surface area contributed by atoms with Crippen molar-refractivity contribution in [1.29, 1.82) is 0 Å². The molecule has 164 valence electrons. The lowest BCUT2D eigenvalue weighted by Crippen LogP contribution is -2.47. The molecule has 2 aliphatic rings. The summed E-state index contributed by atoms with van der Waals surface area (Å²) in [4.78, 5) is 13.7. The van der Waals surface area contributed by atoms with E-state index in [2.05, 4.69) is 14.3 Å². The van der Waals surface area contributed by atoms with Crippen molar-refractivity contribution >= 4 is 46.6 Å². The Morgan fingerprint density at radius 1 is 1.26 bits per heavy atom. The van der Waals surface area contributed by atoms with Gasteiger partial charge in [-0.2, -0.15) is 0 Å². The quantitative estimate of drug-likeness (QED) is 0.575. The molecular weight excluding hydrogens is 453 g/mol. The van der Waals surface area contributed by atoms with Gasteiger partial charge in [-0.05, 0) is 50.2 Å². The van der Waals surface area contributed by atoms with Crippen molar-refractivity contribution in [3.8, 4) is 0 Å². The number of aromatic nitrogens is 3. The van der Waals surface area contributed by atoms with Crippen molar-refractivity contribution < 1.29 is 5.11 Å². The molecule has 5 rings (SSSR count). The van der Waals surface area contributed by atoms with Crippen LogP contribution in [0.2, 0.25) is 10.0 Å². The van der Waals surface area contributed by atoms with E-state index in [-0.39, 0.29) is 17.6 Å². The maximum atomic E-state index is 10.1. The number of piperidine rings is 1. The van der Waals surface area contributed by atoms with E-state index in [1.54, 1.807) is 12.3 Å². The lowest BCUT2D eigenvalue weighted by atomic mass is 9.74. The van der Waals surface area contributed by atoms with Gasteiger partial charge in [0, 0.05) is 36.4 Å². The molecule has 0 radical (unpaired) electrons. The van der Waals surface area contributed by atoms with Crippen LogP contribution in [0.1, 0.15) is 31.4 Å². The maximum Gasteiger partial charge on any atom is 0.211 e. The van der Waals surface area contributed by atoms with Gasteiger partial charge in [0.25, 0.3) is 0 Å². The Hall–Kier alpha value is -1.51. The molecule has 0 bridgehead atoms. The monoisotopic (exact) mass is 477 g/mol. The zero-order valence-electron chi connectivity index (χ0n) is 17.3. The Bertz CT molecular complexity index is 1130. The summed E-state index contributed by atoms with van der Waals surface area (Å²) in [5, 5.41) is 11.2. The second kappa shape index (κ2) is 8.12. The number of hydrogen-bond acceptors (Lipinski definition) is 6. The molecule has 1 saturated carbocycles. The van der Waals surface area contributed by atoms with E-state index in [4.69, 9.17) is 33.9 Å². The van der Waals surface area contributed by atoms with Crippen molar-refractivity contribution in [3.63, 3.8) is 0 Å². The molecule has 6 nitrogen and oxygen atoms in total. The molecule has 9 heteroatoms. The third-order valence-corrected chi connectivity index (χ3v) is 8.95. The minimum absolute atomic E-state index is 0.0537. The number of anilines is 1. The molecular formula is C22H25Cl2N5OS. The van der Waals surface area contributed by atoms with E-state index >= 15 is 0 Å². The fourth-order valence-electron chi connectivity index (χ4n) is 5.04. The number of rotatable bonds is 3. The number of imidazole rings is 1. The Morgan fingerprint density at radius 3 is 2.74 bits per heavy atom. The number of aliphatic hydroxyl groups is 1. The lowest BCUT2D eigenvalue weighted by molar-refractivity contribution is 0.141. The van der Waals surface area contributed by atoms with Gasteiger partial charge in [-0.25, -0.2) is 9.97 Å². The lowest BCUT2D eigenvalue weighted by Gasteiger charge is -2.42. The molecule has 2 fully saturated rings. The molecule has 1 aromatic carbocycles. The summed E-state index contributed by atoms with van der Waals surface area (Å²) >= 11 is 14.2. The van der Waals surface area contributed by atoms with Gasteiger partial charge < -0.3 is 15.7 Å². The number of aliphatic hydroxyl groups excluding tert-OH is 1. The predicted octanol–water partition coefficient (Wildman–Crippen LogP) is 4.56. The summed E-state index contributed by atoms with van der Waals surface area (Å²) in [6, 6.07) is 5.71. The van der Waals surface area contributed by atoms with Crippen LogP contribution in [0.5, 0.6) is 0 Å². The minimum atomic E-state index is -0.267. The summed E-state index contributed by atoms with van der Waals surface area (Å²) in [5.74, 6) is 0.897. The third kappa shape index (κ3) is 3.70. The van der Waals surface area contributed by atoms with E-state index in [0.29, 0.717) is 16.5 Å². The molecule has 3 heterocycles. The first-order chi connectivity index (χ1) is 14.9.